The highest BCUT2D eigenvalue weighted by atomic mass is 32.2. The highest BCUT2D eigenvalue weighted by Gasteiger charge is 2.25. The van der Waals surface area contributed by atoms with Crippen LogP contribution in [0, 0.1) is 0 Å². The number of rotatable bonds is 2. The first-order valence-corrected chi connectivity index (χ1v) is 7.48. The van der Waals surface area contributed by atoms with Crippen LogP contribution in [0.25, 0.3) is 0 Å². The predicted molar refractivity (Wildman–Crippen MR) is 68.4 cm³/mol. The van der Waals surface area contributed by atoms with E-state index in [1.807, 2.05) is 12.1 Å². The number of nitrogens with zero attached hydrogens (tertiary/aromatic N) is 1. The van der Waals surface area contributed by atoms with Crippen molar-refractivity contribution in [3.8, 4) is 0 Å². The fourth-order valence-corrected chi connectivity index (χ4v) is 3.60. The van der Waals surface area contributed by atoms with Crippen molar-refractivity contribution in [2.45, 2.75) is 24.2 Å². The Hall–Kier alpha value is -0.440. The lowest BCUT2D eigenvalue weighted by atomic mass is 10.2. The SMILES string of the molecule is O=S(=O)(c1ccc(P)cc1)N1CCCCC1. The first kappa shape index (κ1) is 12.0. The van der Waals surface area contributed by atoms with Crippen LogP contribution in [-0.4, -0.2) is 25.8 Å². The molecule has 0 bridgehead atoms. The highest BCUT2D eigenvalue weighted by molar-refractivity contribution is 7.89. The molecule has 1 unspecified atom stereocenters. The van der Waals surface area contributed by atoms with Crippen LogP contribution >= 0.6 is 9.24 Å². The summed E-state index contributed by atoms with van der Waals surface area (Å²) in [6.45, 7) is 1.32. The van der Waals surface area contributed by atoms with Crippen molar-refractivity contribution in [1.82, 2.24) is 4.31 Å². The predicted octanol–water partition coefficient (Wildman–Crippen LogP) is 1.36. The van der Waals surface area contributed by atoms with Crippen molar-refractivity contribution < 1.29 is 8.42 Å². The molecular formula is C11H16NO2PS. The molecule has 1 atom stereocenters. The van der Waals surface area contributed by atoms with E-state index in [0.717, 1.165) is 24.6 Å². The van der Waals surface area contributed by atoms with Gasteiger partial charge in [0.2, 0.25) is 10.0 Å². The summed E-state index contributed by atoms with van der Waals surface area (Å²) in [5.41, 5.74) is 0. The second kappa shape index (κ2) is 4.82. The molecule has 0 amide bonds. The molecule has 1 fully saturated rings. The summed E-state index contributed by atoms with van der Waals surface area (Å²) in [7, 11) is -0.702. The van der Waals surface area contributed by atoms with E-state index in [-0.39, 0.29) is 0 Å². The average molecular weight is 257 g/mol. The standard InChI is InChI=1S/C11H16NO2PS/c13-16(14,12-8-2-1-3-9-12)11-6-4-10(15)5-7-11/h4-7H,1-3,8-9,15H2. The van der Waals surface area contributed by atoms with Crippen molar-refractivity contribution in [3.05, 3.63) is 24.3 Å². The van der Waals surface area contributed by atoms with Gasteiger partial charge in [0.05, 0.1) is 4.90 Å². The Balaban J connectivity index is 2.27. The molecule has 0 spiro atoms. The van der Waals surface area contributed by atoms with Gasteiger partial charge in [0.15, 0.2) is 0 Å². The molecule has 3 nitrogen and oxygen atoms in total. The molecule has 2 rings (SSSR count). The van der Waals surface area contributed by atoms with E-state index in [2.05, 4.69) is 9.24 Å². The number of sulfonamides is 1. The van der Waals surface area contributed by atoms with Gasteiger partial charge in [0.25, 0.3) is 0 Å². The van der Waals surface area contributed by atoms with Crippen LogP contribution < -0.4 is 5.30 Å². The normalized spacial score (nSPS) is 18.6. The zero-order valence-corrected chi connectivity index (χ0v) is 11.1. The van der Waals surface area contributed by atoms with Gasteiger partial charge in [-0.05, 0) is 30.3 Å². The van der Waals surface area contributed by atoms with Gasteiger partial charge in [-0.25, -0.2) is 8.42 Å². The van der Waals surface area contributed by atoms with Crippen LogP contribution in [0.1, 0.15) is 19.3 Å². The maximum atomic E-state index is 12.2. The quantitative estimate of drug-likeness (QED) is 0.750. The van der Waals surface area contributed by atoms with Crippen LogP contribution in [0.5, 0.6) is 0 Å². The van der Waals surface area contributed by atoms with E-state index >= 15 is 0 Å². The zero-order chi connectivity index (χ0) is 11.6. The molecular weight excluding hydrogens is 241 g/mol. The van der Waals surface area contributed by atoms with Gasteiger partial charge in [-0.1, -0.05) is 18.6 Å². The third-order valence-corrected chi connectivity index (χ3v) is 5.13. The maximum Gasteiger partial charge on any atom is 0.243 e. The van der Waals surface area contributed by atoms with Crippen LogP contribution in [0.2, 0.25) is 0 Å². The molecule has 1 aliphatic heterocycles. The zero-order valence-electron chi connectivity index (χ0n) is 9.09. The van der Waals surface area contributed by atoms with Crippen molar-refractivity contribution in [1.29, 1.82) is 0 Å². The summed E-state index contributed by atoms with van der Waals surface area (Å²) in [4.78, 5) is 0.403. The van der Waals surface area contributed by atoms with Crippen LogP contribution in [0.3, 0.4) is 0 Å². The molecule has 0 N–H and O–H groups in total. The second-order valence-electron chi connectivity index (χ2n) is 4.03. The second-order valence-corrected chi connectivity index (χ2v) is 6.64. The minimum absolute atomic E-state index is 0.403. The molecule has 0 saturated carbocycles. The number of hydrogen-bond acceptors (Lipinski definition) is 2. The first-order valence-electron chi connectivity index (χ1n) is 5.46. The summed E-state index contributed by atoms with van der Waals surface area (Å²) >= 11 is 0. The van der Waals surface area contributed by atoms with Crippen molar-refractivity contribution in [2.75, 3.05) is 13.1 Å². The fraction of sp³-hybridized carbons (Fsp3) is 0.455. The summed E-state index contributed by atoms with van der Waals surface area (Å²) in [6.07, 6.45) is 3.08. The molecule has 0 radical (unpaired) electrons. The van der Waals surface area contributed by atoms with Crippen LogP contribution in [0.4, 0.5) is 0 Å². The fourth-order valence-electron chi connectivity index (χ4n) is 1.89. The highest BCUT2D eigenvalue weighted by Crippen LogP contribution is 2.19. The Morgan fingerprint density at radius 3 is 2.12 bits per heavy atom. The minimum Gasteiger partial charge on any atom is -0.207 e. The van der Waals surface area contributed by atoms with Gasteiger partial charge < -0.3 is 0 Å². The molecule has 0 aromatic heterocycles. The van der Waals surface area contributed by atoms with Gasteiger partial charge in [-0.15, -0.1) is 9.24 Å². The Morgan fingerprint density at radius 2 is 1.56 bits per heavy atom. The van der Waals surface area contributed by atoms with Gasteiger partial charge >= 0.3 is 0 Å². The Bertz CT molecular complexity index is 449. The maximum absolute atomic E-state index is 12.2. The van der Waals surface area contributed by atoms with Gasteiger partial charge in [-0.3, -0.25) is 0 Å². The van der Waals surface area contributed by atoms with Gasteiger partial charge in [0, 0.05) is 13.1 Å². The van der Waals surface area contributed by atoms with Crippen molar-refractivity contribution in [2.24, 2.45) is 0 Å². The lowest BCUT2D eigenvalue weighted by Gasteiger charge is -2.25. The van der Waals surface area contributed by atoms with E-state index in [9.17, 15) is 8.42 Å². The van der Waals surface area contributed by atoms with E-state index < -0.39 is 10.0 Å². The third-order valence-electron chi connectivity index (χ3n) is 2.83. The van der Waals surface area contributed by atoms with Gasteiger partial charge in [0.1, 0.15) is 0 Å². The lowest BCUT2D eigenvalue weighted by molar-refractivity contribution is 0.346. The lowest BCUT2D eigenvalue weighted by Crippen LogP contribution is -2.35. The summed E-state index contributed by atoms with van der Waals surface area (Å²) in [5.74, 6) is 0. The number of hydrogen-bond donors (Lipinski definition) is 0. The number of benzene rings is 1. The Morgan fingerprint density at radius 1 is 1.00 bits per heavy atom. The van der Waals surface area contributed by atoms with E-state index in [1.54, 1.807) is 16.4 Å². The van der Waals surface area contributed by atoms with E-state index in [0.29, 0.717) is 18.0 Å². The monoisotopic (exact) mass is 257 g/mol. The van der Waals surface area contributed by atoms with Gasteiger partial charge in [-0.2, -0.15) is 4.31 Å². The third kappa shape index (κ3) is 2.45. The Kier molecular flexibility index (Phi) is 3.63. The molecule has 1 saturated heterocycles. The molecule has 16 heavy (non-hydrogen) atoms. The first-order chi connectivity index (χ1) is 7.60. The smallest absolute Gasteiger partial charge is 0.207 e. The summed E-state index contributed by atoms with van der Waals surface area (Å²) in [5, 5.41) is 0.998. The minimum atomic E-state index is -3.25. The topological polar surface area (TPSA) is 37.4 Å². The van der Waals surface area contributed by atoms with Crippen molar-refractivity contribution >= 4 is 24.6 Å². The molecule has 1 heterocycles. The number of piperidine rings is 1. The molecule has 1 aliphatic rings. The Labute approximate surface area is 99.1 Å². The van der Waals surface area contributed by atoms with E-state index in [4.69, 9.17) is 0 Å². The average Bonchev–Trinajstić information content (AvgIpc) is 2.31. The van der Waals surface area contributed by atoms with E-state index in [1.165, 1.54) is 0 Å². The molecule has 0 aliphatic carbocycles. The molecule has 5 heteroatoms. The molecule has 88 valence electrons. The van der Waals surface area contributed by atoms with Crippen molar-refractivity contribution in [3.63, 3.8) is 0 Å². The van der Waals surface area contributed by atoms with Crippen LogP contribution in [-0.2, 0) is 10.0 Å². The largest absolute Gasteiger partial charge is 0.243 e. The molecule has 1 aromatic rings. The summed E-state index contributed by atoms with van der Waals surface area (Å²) < 4.78 is 26.0. The molecule has 1 aromatic carbocycles. The summed E-state index contributed by atoms with van der Waals surface area (Å²) in [6, 6.07) is 6.96. The van der Waals surface area contributed by atoms with Crippen LogP contribution in [0.15, 0.2) is 29.2 Å².